The molecular formula is C22H29N3O2. The highest BCUT2D eigenvalue weighted by Gasteiger charge is 2.10. The Morgan fingerprint density at radius 3 is 2.74 bits per heavy atom. The van der Waals surface area contributed by atoms with Crippen LogP contribution in [0, 0.1) is 0 Å². The van der Waals surface area contributed by atoms with Crippen LogP contribution in [0.2, 0.25) is 0 Å². The lowest BCUT2D eigenvalue weighted by Gasteiger charge is -2.20. The molecule has 0 aliphatic carbocycles. The van der Waals surface area contributed by atoms with Crippen LogP contribution < -0.4 is 10.1 Å². The minimum atomic E-state index is -0.0949. The summed E-state index contributed by atoms with van der Waals surface area (Å²) < 4.78 is 5.87. The van der Waals surface area contributed by atoms with Crippen LogP contribution in [0.1, 0.15) is 48.0 Å². The van der Waals surface area contributed by atoms with Crippen molar-refractivity contribution in [1.29, 1.82) is 0 Å². The fourth-order valence-corrected chi connectivity index (χ4v) is 3.35. The smallest absolute Gasteiger partial charge is 0.252 e. The number of pyridine rings is 1. The number of hydrogen-bond acceptors (Lipinski definition) is 4. The molecule has 0 saturated carbocycles. The van der Waals surface area contributed by atoms with Gasteiger partial charge in [0.2, 0.25) is 0 Å². The molecule has 5 heteroatoms. The molecule has 0 radical (unpaired) electrons. The van der Waals surface area contributed by atoms with Crippen LogP contribution in [-0.4, -0.2) is 42.0 Å². The maximum atomic E-state index is 11.9. The summed E-state index contributed by atoms with van der Waals surface area (Å²) in [5.74, 6) is 0.809. The predicted molar refractivity (Wildman–Crippen MR) is 107 cm³/mol. The van der Waals surface area contributed by atoms with Gasteiger partial charge in [0.05, 0.1) is 12.2 Å². The van der Waals surface area contributed by atoms with Crippen LogP contribution in [0.4, 0.5) is 0 Å². The number of carbonyl (C=O) groups is 1. The molecule has 2 heterocycles. The summed E-state index contributed by atoms with van der Waals surface area (Å²) in [6.07, 6.45) is 9.32. The number of benzene rings is 1. The van der Waals surface area contributed by atoms with Crippen molar-refractivity contribution in [2.75, 3.05) is 26.2 Å². The lowest BCUT2D eigenvalue weighted by Crippen LogP contribution is -2.25. The summed E-state index contributed by atoms with van der Waals surface area (Å²) in [4.78, 5) is 18.4. The first-order valence-electron chi connectivity index (χ1n) is 9.93. The van der Waals surface area contributed by atoms with E-state index in [1.165, 1.54) is 44.3 Å². The molecule has 1 N–H and O–H groups in total. The Kier molecular flexibility index (Phi) is 7.66. The number of nitrogens with zero attached hydrogens (tertiary/aromatic N) is 2. The Bertz CT molecular complexity index is 698. The van der Waals surface area contributed by atoms with E-state index < -0.39 is 0 Å². The first-order valence-corrected chi connectivity index (χ1v) is 9.93. The molecule has 1 fully saturated rings. The van der Waals surface area contributed by atoms with Gasteiger partial charge in [-0.3, -0.25) is 14.7 Å². The topological polar surface area (TPSA) is 54.5 Å². The molecule has 2 aromatic rings. The second kappa shape index (κ2) is 10.7. The van der Waals surface area contributed by atoms with E-state index >= 15 is 0 Å². The Labute approximate surface area is 161 Å². The molecule has 1 aliphatic rings. The number of carbonyl (C=O) groups excluding carboxylic acids is 1. The lowest BCUT2D eigenvalue weighted by molar-refractivity contribution is 0.0951. The van der Waals surface area contributed by atoms with Crippen LogP contribution in [0.15, 0.2) is 48.8 Å². The maximum Gasteiger partial charge on any atom is 0.252 e. The van der Waals surface area contributed by atoms with E-state index in [2.05, 4.69) is 33.4 Å². The van der Waals surface area contributed by atoms with Crippen molar-refractivity contribution >= 4 is 5.91 Å². The number of nitrogens with one attached hydrogen (secondary N) is 1. The fraction of sp³-hybridized carbons (Fsp3) is 0.455. The van der Waals surface area contributed by atoms with Gasteiger partial charge in [-0.25, -0.2) is 0 Å². The largest absolute Gasteiger partial charge is 0.494 e. The predicted octanol–water partition coefficient (Wildman–Crippen LogP) is 3.66. The van der Waals surface area contributed by atoms with Gasteiger partial charge in [-0.15, -0.1) is 0 Å². The van der Waals surface area contributed by atoms with E-state index in [0.717, 1.165) is 18.7 Å². The zero-order valence-electron chi connectivity index (χ0n) is 15.9. The molecule has 0 unspecified atom stereocenters. The van der Waals surface area contributed by atoms with Gasteiger partial charge in [-0.2, -0.15) is 0 Å². The second-order valence-corrected chi connectivity index (χ2v) is 7.04. The van der Waals surface area contributed by atoms with Gasteiger partial charge in [0.15, 0.2) is 0 Å². The molecule has 1 amide bonds. The van der Waals surface area contributed by atoms with Crippen molar-refractivity contribution in [3.63, 3.8) is 0 Å². The van der Waals surface area contributed by atoms with E-state index in [9.17, 15) is 4.79 Å². The van der Waals surface area contributed by atoms with Gasteiger partial charge in [0.1, 0.15) is 5.75 Å². The molecule has 27 heavy (non-hydrogen) atoms. The van der Waals surface area contributed by atoms with Crippen LogP contribution in [0.3, 0.4) is 0 Å². The van der Waals surface area contributed by atoms with Gasteiger partial charge in [-0.05, 0) is 62.2 Å². The molecule has 1 aromatic heterocycles. The van der Waals surface area contributed by atoms with Gasteiger partial charge >= 0.3 is 0 Å². The summed E-state index contributed by atoms with van der Waals surface area (Å²) in [6.45, 7) is 4.56. The molecule has 1 aliphatic heterocycles. The zero-order chi connectivity index (χ0) is 18.7. The van der Waals surface area contributed by atoms with Crippen molar-refractivity contribution in [3.05, 3.63) is 59.9 Å². The van der Waals surface area contributed by atoms with Crippen LogP contribution in [-0.2, 0) is 6.54 Å². The summed E-state index contributed by atoms with van der Waals surface area (Å²) in [5, 5.41) is 2.89. The monoisotopic (exact) mass is 367 g/mol. The highest BCUT2D eigenvalue weighted by Crippen LogP contribution is 2.17. The van der Waals surface area contributed by atoms with Gasteiger partial charge in [0.25, 0.3) is 5.91 Å². The number of rotatable bonds is 8. The Morgan fingerprint density at radius 1 is 1.11 bits per heavy atom. The summed E-state index contributed by atoms with van der Waals surface area (Å²) in [5.41, 5.74) is 1.89. The fourth-order valence-electron chi connectivity index (χ4n) is 3.35. The van der Waals surface area contributed by atoms with Crippen LogP contribution in [0.25, 0.3) is 0 Å². The van der Waals surface area contributed by atoms with E-state index in [4.69, 9.17) is 4.74 Å². The molecule has 1 aromatic carbocycles. The van der Waals surface area contributed by atoms with Crippen molar-refractivity contribution in [1.82, 2.24) is 15.2 Å². The second-order valence-electron chi connectivity index (χ2n) is 7.04. The minimum Gasteiger partial charge on any atom is -0.494 e. The number of likely N-dealkylation sites (tertiary alicyclic amines) is 1. The first-order chi connectivity index (χ1) is 13.3. The molecule has 0 spiro atoms. The van der Waals surface area contributed by atoms with Gasteiger partial charge in [-0.1, -0.05) is 25.0 Å². The van der Waals surface area contributed by atoms with E-state index in [1.54, 1.807) is 24.5 Å². The molecule has 5 nitrogen and oxygen atoms in total. The zero-order valence-corrected chi connectivity index (χ0v) is 15.9. The SMILES string of the molecule is O=C(NCCCOc1cccc(CN2CCCCCC2)c1)c1cccnc1. The van der Waals surface area contributed by atoms with Crippen molar-refractivity contribution in [3.8, 4) is 5.75 Å². The molecule has 144 valence electrons. The van der Waals surface area contributed by atoms with E-state index in [0.29, 0.717) is 18.7 Å². The summed E-state index contributed by atoms with van der Waals surface area (Å²) in [6, 6.07) is 11.9. The average molecular weight is 367 g/mol. The lowest BCUT2D eigenvalue weighted by atomic mass is 10.2. The number of ether oxygens (including phenoxy) is 1. The van der Waals surface area contributed by atoms with Gasteiger partial charge in [0, 0.05) is 25.5 Å². The molecule has 3 rings (SSSR count). The standard InChI is InChI=1S/C22H29N3O2/c26-22(20-9-6-11-23-17-20)24-12-7-15-27-21-10-5-8-19(16-21)18-25-13-3-1-2-4-14-25/h5-6,8-11,16-17H,1-4,7,12-15,18H2,(H,24,26). The third-order valence-corrected chi connectivity index (χ3v) is 4.80. The molecule has 0 bridgehead atoms. The molecule has 0 atom stereocenters. The molecule has 1 saturated heterocycles. The average Bonchev–Trinajstić information content (AvgIpc) is 2.97. The maximum absolute atomic E-state index is 11.9. The van der Waals surface area contributed by atoms with Crippen molar-refractivity contribution in [2.45, 2.75) is 38.6 Å². The van der Waals surface area contributed by atoms with Crippen molar-refractivity contribution < 1.29 is 9.53 Å². The Balaban J connectivity index is 1.37. The van der Waals surface area contributed by atoms with Gasteiger partial charge < -0.3 is 10.1 Å². The minimum absolute atomic E-state index is 0.0949. The van der Waals surface area contributed by atoms with Crippen LogP contribution >= 0.6 is 0 Å². The normalized spacial score (nSPS) is 15.1. The molecular weight excluding hydrogens is 338 g/mol. The van der Waals surface area contributed by atoms with Crippen LogP contribution in [0.5, 0.6) is 5.75 Å². The summed E-state index contributed by atoms with van der Waals surface area (Å²) >= 11 is 0. The highest BCUT2D eigenvalue weighted by atomic mass is 16.5. The number of aromatic nitrogens is 1. The first kappa shape index (κ1) is 19.4. The van der Waals surface area contributed by atoms with Crippen molar-refractivity contribution in [2.24, 2.45) is 0 Å². The van der Waals surface area contributed by atoms with E-state index in [1.807, 2.05) is 6.07 Å². The quantitative estimate of drug-likeness (QED) is 0.724. The number of amides is 1. The Morgan fingerprint density at radius 2 is 1.96 bits per heavy atom. The summed E-state index contributed by atoms with van der Waals surface area (Å²) in [7, 11) is 0. The third kappa shape index (κ3) is 6.68. The number of hydrogen-bond donors (Lipinski definition) is 1. The highest BCUT2D eigenvalue weighted by molar-refractivity contribution is 5.93. The third-order valence-electron chi connectivity index (χ3n) is 4.80. The van der Waals surface area contributed by atoms with E-state index in [-0.39, 0.29) is 5.91 Å². The Hall–Kier alpha value is -2.40.